The summed E-state index contributed by atoms with van der Waals surface area (Å²) in [6.07, 6.45) is 1.20. The Labute approximate surface area is 107 Å². The van der Waals surface area contributed by atoms with Gasteiger partial charge in [-0.05, 0) is 17.7 Å². The van der Waals surface area contributed by atoms with Gasteiger partial charge < -0.3 is 20.4 Å². The number of hydrogen-bond acceptors (Lipinski definition) is 5. The summed E-state index contributed by atoms with van der Waals surface area (Å²) in [5.74, 6) is -7.09. The zero-order chi connectivity index (χ0) is 14.6. The number of aliphatic carboxylic acids is 3. The van der Waals surface area contributed by atoms with Crippen LogP contribution in [0.25, 0.3) is 0 Å². The molecular weight excluding hydrogens is 258 g/mol. The molecule has 1 aromatic rings. The van der Waals surface area contributed by atoms with E-state index < -0.39 is 35.8 Å². The number of carboxylic acids is 3. The van der Waals surface area contributed by atoms with Crippen LogP contribution >= 0.6 is 0 Å². The number of carbonyl (C=O) groups is 3. The first-order valence-electron chi connectivity index (χ1n) is 5.09. The van der Waals surface area contributed by atoms with E-state index in [4.69, 9.17) is 15.3 Å². The quantitative estimate of drug-likeness (QED) is 0.542. The maximum absolute atomic E-state index is 11.2. The molecule has 8 heteroatoms. The molecular formula is C11H11NO7. The Morgan fingerprint density at radius 1 is 1.16 bits per heavy atom. The van der Waals surface area contributed by atoms with Gasteiger partial charge in [0, 0.05) is 12.4 Å². The van der Waals surface area contributed by atoms with Crippen LogP contribution in [0.3, 0.4) is 0 Å². The second-order valence-corrected chi connectivity index (χ2v) is 3.85. The topological polar surface area (TPSA) is 145 Å². The minimum atomic E-state index is -2.95. The van der Waals surface area contributed by atoms with Gasteiger partial charge in [0.2, 0.25) is 0 Å². The van der Waals surface area contributed by atoms with Crippen molar-refractivity contribution in [2.45, 2.75) is 17.9 Å². The summed E-state index contributed by atoms with van der Waals surface area (Å²) in [7, 11) is 0. The Balaban J connectivity index is 3.33. The standard InChI is InChI=1S/C11H11NO7/c13-7(14)5-11(19,10(17)18)8(9(15)16)6-1-3-12-4-2-6/h1-4,8,19H,5H2,(H,13,14)(H,15,16)(H,17,18). The van der Waals surface area contributed by atoms with Crippen molar-refractivity contribution in [1.82, 2.24) is 4.98 Å². The molecule has 0 saturated heterocycles. The minimum absolute atomic E-state index is 0.0475. The lowest BCUT2D eigenvalue weighted by atomic mass is 9.80. The maximum atomic E-state index is 11.2. The Hall–Kier alpha value is -2.48. The molecule has 1 aromatic heterocycles. The third-order valence-corrected chi connectivity index (χ3v) is 2.56. The van der Waals surface area contributed by atoms with Crippen LogP contribution in [0.4, 0.5) is 0 Å². The number of rotatable bonds is 6. The van der Waals surface area contributed by atoms with Crippen LogP contribution in [0.1, 0.15) is 17.9 Å². The van der Waals surface area contributed by atoms with E-state index in [0.29, 0.717) is 0 Å². The highest BCUT2D eigenvalue weighted by Gasteiger charge is 2.50. The van der Waals surface area contributed by atoms with Crippen molar-refractivity contribution in [3.63, 3.8) is 0 Å². The van der Waals surface area contributed by atoms with E-state index in [2.05, 4.69) is 4.98 Å². The molecule has 0 spiro atoms. The fourth-order valence-electron chi connectivity index (χ4n) is 1.71. The van der Waals surface area contributed by atoms with E-state index in [9.17, 15) is 19.5 Å². The fraction of sp³-hybridized carbons (Fsp3) is 0.273. The highest BCUT2D eigenvalue weighted by atomic mass is 16.4. The van der Waals surface area contributed by atoms with E-state index in [1.165, 1.54) is 24.5 Å². The molecule has 8 nitrogen and oxygen atoms in total. The molecule has 0 aliphatic carbocycles. The molecule has 4 N–H and O–H groups in total. The molecule has 0 saturated carbocycles. The Morgan fingerprint density at radius 2 is 1.68 bits per heavy atom. The van der Waals surface area contributed by atoms with Gasteiger partial charge >= 0.3 is 17.9 Å². The van der Waals surface area contributed by atoms with Gasteiger partial charge in [-0.15, -0.1) is 0 Å². The van der Waals surface area contributed by atoms with E-state index in [1.807, 2.05) is 0 Å². The Kier molecular flexibility index (Phi) is 4.18. The molecule has 2 atom stereocenters. The van der Waals surface area contributed by atoms with Gasteiger partial charge in [0.1, 0.15) is 5.92 Å². The number of hydrogen-bond donors (Lipinski definition) is 4. The molecule has 0 radical (unpaired) electrons. The summed E-state index contributed by atoms with van der Waals surface area (Å²) in [5, 5.41) is 36.7. The smallest absolute Gasteiger partial charge is 0.337 e. The van der Waals surface area contributed by atoms with Crippen molar-refractivity contribution in [2.24, 2.45) is 0 Å². The Bertz CT molecular complexity index is 501. The number of aliphatic hydroxyl groups is 1. The van der Waals surface area contributed by atoms with Crippen LogP contribution in [0.5, 0.6) is 0 Å². The van der Waals surface area contributed by atoms with Crippen LogP contribution < -0.4 is 0 Å². The van der Waals surface area contributed by atoms with E-state index in [0.717, 1.165) is 0 Å². The van der Waals surface area contributed by atoms with Crippen LogP contribution in [-0.2, 0) is 14.4 Å². The summed E-state index contributed by atoms with van der Waals surface area (Å²) in [6.45, 7) is 0. The van der Waals surface area contributed by atoms with E-state index in [1.54, 1.807) is 0 Å². The van der Waals surface area contributed by atoms with Crippen LogP contribution in [-0.4, -0.2) is 48.9 Å². The average molecular weight is 269 g/mol. The zero-order valence-electron chi connectivity index (χ0n) is 9.55. The summed E-state index contributed by atoms with van der Waals surface area (Å²) in [6, 6.07) is 2.41. The predicted octanol–water partition coefficient (Wildman–Crippen LogP) is -0.460. The minimum Gasteiger partial charge on any atom is -0.481 e. The lowest BCUT2D eigenvalue weighted by Gasteiger charge is -2.28. The summed E-state index contributed by atoms with van der Waals surface area (Å²) >= 11 is 0. The first kappa shape index (κ1) is 14.6. The van der Waals surface area contributed by atoms with Crippen LogP contribution in [0, 0.1) is 0 Å². The molecule has 19 heavy (non-hydrogen) atoms. The van der Waals surface area contributed by atoms with Gasteiger partial charge in [0.05, 0.1) is 6.42 Å². The normalized spacial score (nSPS) is 15.2. The SMILES string of the molecule is O=C(O)CC(O)(C(=O)O)C(C(=O)O)c1ccncc1. The lowest BCUT2D eigenvalue weighted by molar-refractivity contribution is -0.173. The third-order valence-electron chi connectivity index (χ3n) is 2.56. The molecule has 1 heterocycles. The number of carboxylic acid groups (broad SMARTS) is 3. The highest BCUT2D eigenvalue weighted by Crippen LogP contribution is 2.32. The molecule has 0 aliphatic heterocycles. The summed E-state index contributed by atoms with van der Waals surface area (Å²) in [4.78, 5) is 36.6. The van der Waals surface area contributed by atoms with E-state index in [-0.39, 0.29) is 5.56 Å². The molecule has 0 aromatic carbocycles. The molecule has 2 unspecified atom stereocenters. The summed E-state index contributed by atoms with van der Waals surface area (Å²) < 4.78 is 0. The van der Waals surface area contributed by atoms with Gasteiger partial charge in [0.15, 0.2) is 5.60 Å². The number of pyridine rings is 1. The zero-order valence-corrected chi connectivity index (χ0v) is 9.55. The fourth-order valence-corrected chi connectivity index (χ4v) is 1.71. The van der Waals surface area contributed by atoms with Crippen molar-refractivity contribution < 1.29 is 34.8 Å². The predicted molar refractivity (Wildman–Crippen MR) is 59.5 cm³/mol. The lowest BCUT2D eigenvalue weighted by Crippen LogP contribution is -2.49. The van der Waals surface area contributed by atoms with Crippen molar-refractivity contribution in [1.29, 1.82) is 0 Å². The number of aromatic nitrogens is 1. The first-order chi connectivity index (χ1) is 8.79. The van der Waals surface area contributed by atoms with Gasteiger partial charge in [-0.2, -0.15) is 0 Å². The Morgan fingerprint density at radius 3 is 2.05 bits per heavy atom. The molecule has 0 aliphatic rings. The molecule has 0 amide bonds. The first-order valence-corrected chi connectivity index (χ1v) is 5.09. The molecule has 0 fully saturated rings. The van der Waals surface area contributed by atoms with Crippen molar-refractivity contribution >= 4 is 17.9 Å². The maximum Gasteiger partial charge on any atom is 0.337 e. The average Bonchev–Trinajstić information content (AvgIpc) is 2.28. The second kappa shape index (κ2) is 5.44. The van der Waals surface area contributed by atoms with Gasteiger partial charge in [-0.25, -0.2) is 4.79 Å². The highest BCUT2D eigenvalue weighted by molar-refractivity contribution is 5.92. The third kappa shape index (κ3) is 3.05. The van der Waals surface area contributed by atoms with Gasteiger partial charge in [-0.3, -0.25) is 14.6 Å². The molecule has 1 rings (SSSR count). The van der Waals surface area contributed by atoms with Gasteiger partial charge in [-0.1, -0.05) is 0 Å². The van der Waals surface area contributed by atoms with Crippen LogP contribution in [0.2, 0.25) is 0 Å². The molecule has 102 valence electrons. The largest absolute Gasteiger partial charge is 0.481 e. The number of nitrogens with zero attached hydrogens (tertiary/aromatic N) is 1. The molecule has 0 bridgehead atoms. The van der Waals surface area contributed by atoms with Crippen molar-refractivity contribution in [2.75, 3.05) is 0 Å². The summed E-state index contributed by atoms with van der Waals surface area (Å²) in [5.41, 5.74) is -2.99. The second-order valence-electron chi connectivity index (χ2n) is 3.85. The van der Waals surface area contributed by atoms with Crippen LogP contribution in [0.15, 0.2) is 24.5 Å². The van der Waals surface area contributed by atoms with E-state index >= 15 is 0 Å². The van der Waals surface area contributed by atoms with Gasteiger partial charge in [0.25, 0.3) is 0 Å². The monoisotopic (exact) mass is 269 g/mol. The van der Waals surface area contributed by atoms with Crippen molar-refractivity contribution in [3.8, 4) is 0 Å². The van der Waals surface area contributed by atoms with Crippen molar-refractivity contribution in [3.05, 3.63) is 30.1 Å².